The van der Waals surface area contributed by atoms with E-state index in [0.717, 1.165) is 25.8 Å². The van der Waals surface area contributed by atoms with Gasteiger partial charge in [0, 0.05) is 24.9 Å². The highest BCUT2D eigenvalue weighted by Crippen LogP contribution is 2.48. The average Bonchev–Trinajstić information content (AvgIpc) is 2.81. The maximum absolute atomic E-state index is 6.51. The van der Waals surface area contributed by atoms with Gasteiger partial charge in [-0.1, -0.05) is 37.3 Å². The van der Waals surface area contributed by atoms with E-state index in [1.807, 2.05) is 6.07 Å². The van der Waals surface area contributed by atoms with Crippen LogP contribution in [0.25, 0.3) is 0 Å². The average molecular weight is 347 g/mol. The molecule has 2 aliphatic rings. The monoisotopic (exact) mass is 347 g/mol. The van der Waals surface area contributed by atoms with Gasteiger partial charge in [-0.3, -0.25) is 4.84 Å². The lowest BCUT2D eigenvalue weighted by Crippen LogP contribution is -2.57. The molecule has 2 heterocycles. The molecule has 0 aliphatic carbocycles. The third-order valence-corrected chi connectivity index (χ3v) is 6.00. The van der Waals surface area contributed by atoms with Crippen molar-refractivity contribution in [1.82, 2.24) is 5.06 Å². The molecule has 0 N–H and O–H groups in total. The fourth-order valence-corrected chi connectivity index (χ4v) is 4.11. The number of hydroxylamine groups is 2. The van der Waals surface area contributed by atoms with Crippen LogP contribution in [-0.2, 0) is 14.3 Å². The van der Waals surface area contributed by atoms with Crippen molar-refractivity contribution in [1.29, 1.82) is 0 Å². The van der Waals surface area contributed by atoms with Crippen LogP contribution in [-0.4, -0.2) is 34.6 Å². The van der Waals surface area contributed by atoms with Crippen molar-refractivity contribution in [2.45, 2.75) is 89.9 Å². The summed E-state index contributed by atoms with van der Waals surface area (Å²) < 4.78 is 12.9. The third kappa shape index (κ3) is 3.63. The van der Waals surface area contributed by atoms with Crippen molar-refractivity contribution < 1.29 is 14.3 Å². The smallest absolute Gasteiger partial charge is 0.172 e. The fourth-order valence-electron chi connectivity index (χ4n) is 4.11. The van der Waals surface area contributed by atoms with Crippen molar-refractivity contribution in [2.24, 2.45) is 0 Å². The van der Waals surface area contributed by atoms with E-state index < -0.39 is 5.79 Å². The van der Waals surface area contributed by atoms with Crippen LogP contribution < -0.4 is 0 Å². The predicted molar refractivity (Wildman–Crippen MR) is 99.0 cm³/mol. The second-order valence-electron chi connectivity index (χ2n) is 8.44. The Morgan fingerprint density at radius 3 is 2.48 bits per heavy atom. The first-order valence-electron chi connectivity index (χ1n) is 9.57. The Hall–Kier alpha value is -0.940. The summed E-state index contributed by atoms with van der Waals surface area (Å²) in [6.07, 6.45) is 2.74. The van der Waals surface area contributed by atoms with E-state index >= 15 is 0 Å². The SMILES string of the molecule is CCC1(C)OC2(CCN(OC(C)c3ccccc3)C(C)(C)C2)OC1C. The number of nitrogens with zero attached hydrogens (tertiary/aromatic N) is 1. The highest BCUT2D eigenvalue weighted by Gasteiger charge is 2.56. The molecule has 4 nitrogen and oxygen atoms in total. The van der Waals surface area contributed by atoms with Crippen LogP contribution in [0.3, 0.4) is 0 Å². The molecule has 4 heteroatoms. The largest absolute Gasteiger partial charge is 0.344 e. The lowest BCUT2D eigenvalue weighted by Gasteiger charge is -2.49. The van der Waals surface area contributed by atoms with Gasteiger partial charge in [-0.15, -0.1) is 0 Å². The molecule has 4 unspecified atom stereocenters. The Bertz CT molecular complexity index is 590. The molecule has 0 bridgehead atoms. The van der Waals surface area contributed by atoms with Gasteiger partial charge in [-0.2, -0.15) is 5.06 Å². The Kier molecular flexibility index (Phi) is 5.02. The van der Waals surface area contributed by atoms with Crippen LogP contribution in [0.15, 0.2) is 30.3 Å². The highest BCUT2D eigenvalue weighted by molar-refractivity contribution is 5.16. The molecule has 2 fully saturated rings. The van der Waals surface area contributed by atoms with E-state index in [2.05, 4.69) is 70.9 Å². The molecule has 2 aliphatic heterocycles. The molecule has 140 valence electrons. The van der Waals surface area contributed by atoms with Crippen molar-refractivity contribution in [2.75, 3.05) is 6.54 Å². The maximum Gasteiger partial charge on any atom is 0.172 e. The molecule has 3 rings (SSSR count). The quantitative estimate of drug-likeness (QED) is 0.779. The first-order valence-corrected chi connectivity index (χ1v) is 9.57. The van der Waals surface area contributed by atoms with Crippen LogP contribution in [0.1, 0.15) is 72.5 Å². The van der Waals surface area contributed by atoms with Gasteiger partial charge in [0.05, 0.1) is 11.7 Å². The number of ether oxygens (including phenoxy) is 2. The van der Waals surface area contributed by atoms with Gasteiger partial charge in [0.2, 0.25) is 0 Å². The number of rotatable bonds is 4. The Labute approximate surface area is 152 Å². The van der Waals surface area contributed by atoms with E-state index in [4.69, 9.17) is 14.3 Å². The summed E-state index contributed by atoms with van der Waals surface area (Å²) in [5, 5.41) is 2.12. The summed E-state index contributed by atoms with van der Waals surface area (Å²) >= 11 is 0. The first kappa shape index (κ1) is 18.8. The minimum absolute atomic E-state index is 0.0276. The zero-order valence-corrected chi connectivity index (χ0v) is 16.5. The number of hydrogen-bond donors (Lipinski definition) is 0. The van der Waals surface area contributed by atoms with Crippen LogP contribution in [0.5, 0.6) is 0 Å². The minimum Gasteiger partial charge on any atom is -0.344 e. The Morgan fingerprint density at radius 1 is 1.24 bits per heavy atom. The van der Waals surface area contributed by atoms with E-state index in [1.54, 1.807) is 0 Å². The van der Waals surface area contributed by atoms with Crippen LogP contribution in [0.2, 0.25) is 0 Å². The molecule has 0 amide bonds. The molecule has 1 aromatic rings. The van der Waals surface area contributed by atoms with Gasteiger partial charge < -0.3 is 9.47 Å². The number of benzene rings is 1. The van der Waals surface area contributed by atoms with Gasteiger partial charge in [0.25, 0.3) is 0 Å². The van der Waals surface area contributed by atoms with Gasteiger partial charge in [-0.05, 0) is 46.6 Å². The normalized spacial score (nSPS) is 36.6. The summed E-state index contributed by atoms with van der Waals surface area (Å²) in [4.78, 5) is 6.32. The van der Waals surface area contributed by atoms with Crippen molar-refractivity contribution in [3.63, 3.8) is 0 Å². The van der Waals surface area contributed by atoms with Gasteiger partial charge in [0.15, 0.2) is 5.79 Å². The van der Waals surface area contributed by atoms with Gasteiger partial charge in [-0.25, -0.2) is 0 Å². The zero-order chi connectivity index (χ0) is 18.3. The molecule has 0 radical (unpaired) electrons. The van der Waals surface area contributed by atoms with Gasteiger partial charge >= 0.3 is 0 Å². The van der Waals surface area contributed by atoms with Crippen LogP contribution in [0, 0.1) is 0 Å². The summed E-state index contributed by atoms with van der Waals surface area (Å²) in [7, 11) is 0. The third-order valence-electron chi connectivity index (χ3n) is 6.00. The van der Waals surface area contributed by atoms with E-state index in [0.29, 0.717) is 0 Å². The predicted octanol–water partition coefficient (Wildman–Crippen LogP) is 4.85. The molecule has 0 saturated carbocycles. The first-order chi connectivity index (χ1) is 11.7. The van der Waals surface area contributed by atoms with Crippen molar-refractivity contribution >= 4 is 0 Å². The standard InChI is InChI=1S/C21H33NO3/c1-7-20(6)17(3)23-21(25-20)13-14-22(19(4,5)15-21)24-16(2)18-11-9-8-10-12-18/h8-12,16-17H,7,13-15H2,1-6H3. The maximum atomic E-state index is 6.51. The van der Waals surface area contributed by atoms with Gasteiger partial charge in [0.1, 0.15) is 6.10 Å². The lowest BCUT2D eigenvalue weighted by molar-refractivity contribution is -0.312. The summed E-state index contributed by atoms with van der Waals surface area (Å²) in [5.41, 5.74) is 0.843. The topological polar surface area (TPSA) is 30.9 Å². The Morgan fingerprint density at radius 2 is 1.92 bits per heavy atom. The second kappa shape index (κ2) is 6.66. The van der Waals surface area contributed by atoms with E-state index in [1.165, 1.54) is 5.56 Å². The molecule has 25 heavy (non-hydrogen) atoms. The van der Waals surface area contributed by atoms with Crippen molar-refractivity contribution in [3.05, 3.63) is 35.9 Å². The zero-order valence-electron chi connectivity index (χ0n) is 16.5. The van der Waals surface area contributed by atoms with E-state index in [-0.39, 0.29) is 23.3 Å². The molecule has 1 spiro atoms. The molecule has 4 atom stereocenters. The molecular weight excluding hydrogens is 314 g/mol. The van der Waals surface area contributed by atoms with E-state index in [9.17, 15) is 0 Å². The summed E-state index contributed by atoms with van der Waals surface area (Å²) in [6, 6.07) is 10.4. The van der Waals surface area contributed by atoms with Crippen molar-refractivity contribution in [3.8, 4) is 0 Å². The fraction of sp³-hybridized carbons (Fsp3) is 0.714. The minimum atomic E-state index is -0.483. The summed E-state index contributed by atoms with van der Waals surface area (Å²) in [5.74, 6) is -0.483. The lowest BCUT2D eigenvalue weighted by atomic mass is 9.87. The second-order valence-corrected chi connectivity index (χ2v) is 8.44. The number of hydrogen-bond acceptors (Lipinski definition) is 4. The summed E-state index contributed by atoms with van der Waals surface area (Å²) in [6.45, 7) is 13.8. The number of piperidine rings is 1. The molecule has 1 aromatic carbocycles. The van der Waals surface area contributed by atoms with Crippen LogP contribution >= 0.6 is 0 Å². The molecular formula is C21H33NO3. The highest BCUT2D eigenvalue weighted by atomic mass is 16.8. The van der Waals surface area contributed by atoms with Crippen LogP contribution in [0.4, 0.5) is 0 Å². The molecule has 2 saturated heterocycles. The molecule has 0 aromatic heterocycles. The Balaban J connectivity index is 1.69.